The normalized spacial score (nSPS) is 13.8. The maximum Gasteiger partial charge on any atom is 0.260 e. The molecule has 0 bridgehead atoms. The second-order valence-electron chi connectivity index (χ2n) is 6.65. The summed E-state index contributed by atoms with van der Waals surface area (Å²) in [5.41, 5.74) is 1.13. The Labute approximate surface area is 162 Å². The highest BCUT2D eigenvalue weighted by Crippen LogP contribution is 2.28. The standard InChI is InChI=1S/C21H21N3O4/c1-26-17-9-5-6-10-18(17)27-14-20(25)24-12-16(13-24)21-22-19(23-28-21)11-15-7-3-2-4-8-15/h2-10,16H,11-14H2,1H3. The molecular formula is C21H21N3O4. The molecule has 0 radical (unpaired) electrons. The predicted molar refractivity (Wildman–Crippen MR) is 101 cm³/mol. The predicted octanol–water partition coefficient (Wildman–Crippen LogP) is 2.67. The molecule has 1 fully saturated rings. The molecule has 1 aliphatic rings. The number of rotatable bonds is 7. The lowest BCUT2D eigenvalue weighted by Crippen LogP contribution is -2.50. The molecule has 0 unspecified atom stereocenters. The number of aromatic nitrogens is 2. The second-order valence-corrected chi connectivity index (χ2v) is 6.65. The van der Waals surface area contributed by atoms with E-state index in [1.165, 1.54) is 0 Å². The van der Waals surface area contributed by atoms with Gasteiger partial charge in [0.05, 0.1) is 13.0 Å². The molecule has 0 atom stereocenters. The highest BCUT2D eigenvalue weighted by atomic mass is 16.5. The van der Waals surface area contributed by atoms with Gasteiger partial charge in [0.25, 0.3) is 5.91 Å². The van der Waals surface area contributed by atoms with Crippen LogP contribution in [0, 0.1) is 0 Å². The van der Waals surface area contributed by atoms with Crippen molar-refractivity contribution < 1.29 is 18.8 Å². The topological polar surface area (TPSA) is 77.7 Å². The number of likely N-dealkylation sites (tertiary alicyclic amines) is 1. The van der Waals surface area contributed by atoms with Crippen molar-refractivity contribution >= 4 is 5.91 Å². The third-order valence-electron chi connectivity index (χ3n) is 4.69. The van der Waals surface area contributed by atoms with Gasteiger partial charge in [-0.05, 0) is 17.7 Å². The second kappa shape index (κ2) is 8.12. The minimum atomic E-state index is -0.0776. The van der Waals surface area contributed by atoms with Crippen LogP contribution in [0.5, 0.6) is 11.5 Å². The average Bonchev–Trinajstić information content (AvgIpc) is 3.14. The fourth-order valence-corrected chi connectivity index (χ4v) is 3.09. The van der Waals surface area contributed by atoms with Gasteiger partial charge in [0.2, 0.25) is 5.89 Å². The Bertz CT molecular complexity index is 936. The van der Waals surface area contributed by atoms with Crippen LogP contribution < -0.4 is 9.47 Å². The van der Waals surface area contributed by atoms with Crippen molar-refractivity contribution in [2.45, 2.75) is 12.3 Å². The Morgan fingerprint density at radius 3 is 2.57 bits per heavy atom. The number of methoxy groups -OCH3 is 1. The van der Waals surface area contributed by atoms with Gasteiger partial charge in [-0.2, -0.15) is 4.98 Å². The van der Waals surface area contributed by atoms with Crippen LogP contribution in [-0.4, -0.2) is 47.8 Å². The van der Waals surface area contributed by atoms with Gasteiger partial charge in [-0.15, -0.1) is 0 Å². The molecule has 7 heteroatoms. The highest BCUT2D eigenvalue weighted by molar-refractivity contribution is 5.78. The maximum atomic E-state index is 12.3. The van der Waals surface area contributed by atoms with Gasteiger partial charge in [-0.1, -0.05) is 47.6 Å². The summed E-state index contributed by atoms with van der Waals surface area (Å²) in [6, 6.07) is 17.3. The van der Waals surface area contributed by atoms with E-state index in [2.05, 4.69) is 10.1 Å². The van der Waals surface area contributed by atoms with Crippen LogP contribution in [0.25, 0.3) is 0 Å². The fraction of sp³-hybridized carbons (Fsp3) is 0.286. The third kappa shape index (κ3) is 3.98. The fourth-order valence-electron chi connectivity index (χ4n) is 3.09. The molecule has 0 aliphatic carbocycles. The number of hydrogen-bond acceptors (Lipinski definition) is 6. The van der Waals surface area contributed by atoms with Gasteiger partial charge in [0.1, 0.15) is 0 Å². The van der Waals surface area contributed by atoms with Crippen LogP contribution in [0.2, 0.25) is 0 Å². The van der Waals surface area contributed by atoms with E-state index in [4.69, 9.17) is 14.0 Å². The van der Waals surface area contributed by atoms with E-state index in [0.29, 0.717) is 42.7 Å². The van der Waals surface area contributed by atoms with Crippen molar-refractivity contribution in [2.24, 2.45) is 0 Å². The molecule has 0 saturated carbocycles. The van der Waals surface area contributed by atoms with E-state index in [9.17, 15) is 4.79 Å². The van der Waals surface area contributed by atoms with Crippen LogP contribution in [0.15, 0.2) is 59.1 Å². The maximum absolute atomic E-state index is 12.3. The molecule has 3 aromatic rings. The summed E-state index contributed by atoms with van der Waals surface area (Å²) in [4.78, 5) is 18.5. The van der Waals surface area contributed by atoms with Crippen molar-refractivity contribution in [3.05, 3.63) is 71.9 Å². The number of para-hydroxylation sites is 2. The van der Waals surface area contributed by atoms with Gasteiger partial charge in [0, 0.05) is 19.5 Å². The minimum Gasteiger partial charge on any atom is -0.493 e. The quantitative estimate of drug-likeness (QED) is 0.628. The molecule has 1 aliphatic heterocycles. The van der Waals surface area contributed by atoms with Crippen molar-refractivity contribution in [2.75, 3.05) is 26.8 Å². The van der Waals surface area contributed by atoms with Crippen LogP contribution in [0.3, 0.4) is 0 Å². The van der Waals surface area contributed by atoms with Gasteiger partial charge in [-0.25, -0.2) is 0 Å². The summed E-state index contributed by atoms with van der Waals surface area (Å²) in [5, 5.41) is 4.05. The first-order valence-corrected chi connectivity index (χ1v) is 9.13. The summed E-state index contributed by atoms with van der Waals surface area (Å²) in [5.74, 6) is 2.40. The minimum absolute atomic E-state index is 0.0316. The first-order chi connectivity index (χ1) is 13.7. The third-order valence-corrected chi connectivity index (χ3v) is 4.69. The molecule has 7 nitrogen and oxygen atoms in total. The van der Waals surface area contributed by atoms with Crippen LogP contribution in [0.4, 0.5) is 0 Å². The zero-order chi connectivity index (χ0) is 19.3. The number of ether oxygens (including phenoxy) is 2. The Kier molecular flexibility index (Phi) is 5.23. The number of carbonyl (C=O) groups is 1. The van der Waals surface area contributed by atoms with E-state index in [0.717, 1.165) is 5.56 Å². The Morgan fingerprint density at radius 2 is 1.82 bits per heavy atom. The lowest BCUT2D eigenvalue weighted by molar-refractivity contribution is -0.138. The molecule has 144 valence electrons. The number of benzene rings is 2. The molecule has 4 rings (SSSR count). The van der Waals surface area contributed by atoms with E-state index >= 15 is 0 Å². The zero-order valence-electron chi connectivity index (χ0n) is 15.6. The largest absolute Gasteiger partial charge is 0.493 e. The molecular weight excluding hydrogens is 358 g/mol. The lowest BCUT2D eigenvalue weighted by atomic mass is 10.0. The molecule has 1 saturated heterocycles. The van der Waals surface area contributed by atoms with Gasteiger partial charge < -0.3 is 18.9 Å². The summed E-state index contributed by atoms with van der Waals surface area (Å²) >= 11 is 0. The molecule has 2 aromatic carbocycles. The number of hydrogen-bond donors (Lipinski definition) is 0. The average molecular weight is 379 g/mol. The Hall–Kier alpha value is -3.35. The first-order valence-electron chi connectivity index (χ1n) is 9.13. The van der Waals surface area contributed by atoms with E-state index < -0.39 is 0 Å². The van der Waals surface area contributed by atoms with Gasteiger partial charge >= 0.3 is 0 Å². The highest BCUT2D eigenvalue weighted by Gasteiger charge is 2.35. The van der Waals surface area contributed by atoms with E-state index in [1.807, 2.05) is 42.5 Å². The van der Waals surface area contributed by atoms with E-state index in [-0.39, 0.29) is 18.4 Å². The molecule has 0 spiro atoms. The Balaban J connectivity index is 1.27. The van der Waals surface area contributed by atoms with Crippen molar-refractivity contribution in [1.29, 1.82) is 0 Å². The number of nitrogens with zero attached hydrogens (tertiary/aromatic N) is 3. The van der Waals surface area contributed by atoms with Crippen LogP contribution in [0.1, 0.15) is 23.2 Å². The number of carbonyl (C=O) groups excluding carboxylic acids is 1. The van der Waals surface area contributed by atoms with E-state index in [1.54, 1.807) is 24.1 Å². The Morgan fingerprint density at radius 1 is 1.11 bits per heavy atom. The lowest BCUT2D eigenvalue weighted by Gasteiger charge is -2.36. The molecule has 0 N–H and O–H groups in total. The van der Waals surface area contributed by atoms with Crippen molar-refractivity contribution in [1.82, 2.24) is 15.0 Å². The SMILES string of the molecule is COc1ccccc1OCC(=O)N1CC(c2nc(Cc3ccccc3)no2)C1. The first kappa shape index (κ1) is 18.0. The zero-order valence-corrected chi connectivity index (χ0v) is 15.6. The summed E-state index contributed by atoms with van der Waals surface area (Å²) < 4.78 is 16.2. The van der Waals surface area contributed by atoms with Crippen molar-refractivity contribution in [3.63, 3.8) is 0 Å². The van der Waals surface area contributed by atoms with Gasteiger partial charge in [-0.3, -0.25) is 4.79 Å². The summed E-state index contributed by atoms with van der Waals surface area (Å²) in [6.07, 6.45) is 0.631. The molecule has 1 aromatic heterocycles. The number of amides is 1. The molecule has 1 amide bonds. The monoisotopic (exact) mass is 379 g/mol. The summed E-state index contributed by atoms with van der Waals surface area (Å²) in [7, 11) is 1.57. The molecule has 2 heterocycles. The van der Waals surface area contributed by atoms with Gasteiger partial charge in [0.15, 0.2) is 23.9 Å². The van der Waals surface area contributed by atoms with Crippen molar-refractivity contribution in [3.8, 4) is 11.5 Å². The van der Waals surface area contributed by atoms with Crippen LogP contribution >= 0.6 is 0 Å². The smallest absolute Gasteiger partial charge is 0.260 e. The van der Waals surface area contributed by atoms with Crippen LogP contribution in [-0.2, 0) is 11.2 Å². The molecule has 28 heavy (non-hydrogen) atoms. The summed E-state index contributed by atoms with van der Waals surface area (Å²) in [6.45, 7) is 1.08.